The van der Waals surface area contributed by atoms with Crippen LogP contribution < -0.4 is 0 Å². The highest BCUT2D eigenvalue weighted by Gasteiger charge is 2.56. The van der Waals surface area contributed by atoms with E-state index in [-0.39, 0.29) is 34.8 Å². The molecule has 46 heavy (non-hydrogen) atoms. The first-order chi connectivity index (χ1) is 21.9. The molecule has 4 aromatic carbocycles. The molecule has 8 heteroatoms. The van der Waals surface area contributed by atoms with Crippen molar-refractivity contribution >= 4 is 37.1 Å². The van der Waals surface area contributed by atoms with Gasteiger partial charge in [-0.15, -0.1) is 0 Å². The Hall–Kier alpha value is -3.26. The lowest BCUT2D eigenvalue weighted by atomic mass is 9.61. The number of benzene rings is 4. The van der Waals surface area contributed by atoms with Crippen LogP contribution in [0.4, 0.5) is 0 Å². The Bertz CT molecular complexity index is 1930. The Morgan fingerprint density at radius 2 is 1.13 bits per heavy atom. The van der Waals surface area contributed by atoms with Crippen molar-refractivity contribution in [3.63, 3.8) is 0 Å². The van der Waals surface area contributed by atoms with Crippen molar-refractivity contribution < 1.29 is 21.6 Å². The van der Waals surface area contributed by atoms with Gasteiger partial charge in [0.25, 0.3) is 0 Å². The van der Waals surface area contributed by atoms with Crippen LogP contribution in [0.5, 0.6) is 0 Å². The van der Waals surface area contributed by atoms with E-state index in [1.54, 1.807) is 36.4 Å². The van der Waals surface area contributed by atoms with Crippen LogP contribution in [0.3, 0.4) is 0 Å². The summed E-state index contributed by atoms with van der Waals surface area (Å²) in [7, 11) is -7.83. The number of halogens is 1. The van der Waals surface area contributed by atoms with Gasteiger partial charge in [0, 0.05) is 29.2 Å². The summed E-state index contributed by atoms with van der Waals surface area (Å²) in [6, 6.07) is 28.8. The number of Topliss-reactive ketones (excluding diaryl/α,β-unsaturated/α-hetero) is 1. The highest BCUT2D eigenvalue weighted by atomic mass is 35.5. The minimum Gasteiger partial charge on any atom is -0.299 e. The predicted molar refractivity (Wildman–Crippen MR) is 183 cm³/mol. The Morgan fingerprint density at radius 3 is 1.72 bits per heavy atom. The minimum absolute atomic E-state index is 0.0469. The van der Waals surface area contributed by atoms with Gasteiger partial charge in [-0.3, -0.25) is 4.79 Å². The fourth-order valence-corrected chi connectivity index (χ4v) is 12.1. The first kappa shape index (κ1) is 32.7. The Balaban J connectivity index is 1.50. The second kappa shape index (κ2) is 12.7. The maximum absolute atomic E-state index is 14.7. The van der Waals surface area contributed by atoms with Crippen LogP contribution in [0.15, 0.2) is 107 Å². The molecule has 0 amide bonds. The van der Waals surface area contributed by atoms with E-state index in [1.165, 1.54) is 12.1 Å². The molecule has 0 radical (unpaired) electrons. The van der Waals surface area contributed by atoms with Gasteiger partial charge in [0.05, 0.1) is 20.3 Å². The summed E-state index contributed by atoms with van der Waals surface area (Å²) < 4.78 is 58.2. The molecule has 6 atom stereocenters. The molecule has 0 bridgehead atoms. The van der Waals surface area contributed by atoms with Crippen molar-refractivity contribution in [3.05, 3.63) is 130 Å². The largest absolute Gasteiger partial charge is 0.299 e. The fraction of sp³-hybridized carbons (Fsp3) is 0.342. The number of sulfone groups is 2. The molecule has 2 saturated carbocycles. The number of carbonyl (C=O) groups is 1. The second-order valence-corrected chi connectivity index (χ2v) is 17.7. The third kappa shape index (κ3) is 6.10. The molecule has 0 saturated heterocycles. The second-order valence-electron chi connectivity index (χ2n) is 13.0. The number of hydrogen-bond donors (Lipinski definition) is 0. The normalized spacial score (nSPS) is 25.2. The maximum Gasteiger partial charge on any atom is 0.182 e. The summed E-state index contributed by atoms with van der Waals surface area (Å²) in [5.41, 5.74) is 4.79. The molecule has 6 rings (SSSR count). The van der Waals surface area contributed by atoms with Gasteiger partial charge < -0.3 is 0 Å². The van der Waals surface area contributed by atoms with Crippen LogP contribution >= 0.6 is 11.6 Å². The summed E-state index contributed by atoms with van der Waals surface area (Å²) in [5.74, 6) is -2.39. The highest BCUT2D eigenvalue weighted by molar-refractivity contribution is 7.92. The number of hydrogen-bond acceptors (Lipinski definition) is 5. The molecule has 4 aromatic rings. The third-order valence-corrected chi connectivity index (χ3v) is 15.0. The van der Waals surface area contributed by atoms with Crippen LogP contribution in [-0.4, -0.2) is 33.1 Å². The molecule has 0 heterocycles. The smallest absolute Gasteiger partial charge is 0.182 e. The standard InChI is InChI=1S/C38H39ClO5S2/c1-4-26-9-13-28(14-10-26)33-22-36(40)34-23-37(45(41,42)30-19-15-29(39)16-20-30)32(27-11-5-24(2)6-12-27)21-35(34)38(33)46(43,44)31-17-7-25(3)8-18-31/h5-20,32-35,37-38H,4,21-23H2,1-3H3/t32-,33-,34+,35-,37?,38?/m0/s1. The molecule has 0 aromatic heterocycles. The molecule has 0 spiro atoms. The number of carbonyl (C=O) groups excluding carboxylic acids is 1. The Kier molecular flexibility index (Phi) is 9.05. The van der Waals surface area contributed by atoms with Gasteiger partial charge in [-0.05, 0) is 92.1 Å². The maximum atomic E-state index is 14.7. The molecule has 2 aliphatic rings. The Labute approximate surface area is 277 Å². The van der Waals surface area contributed by atoms with Crippen LogP contribution in [-0.2, 0) is 30.9 Å². The monoisotopic (exact) mass is 674 g/mol. The van der Waals surface area contributed by atoms with Crippen molar-refractivity contribution in [2.75, 3.05) is 0 Å². The predicted octanol–water partition coefficient (Wildman–Crippen LogP) is 8.07. The molecule has 2 unspecified atom stereocenters. The number of fused-ring (bicyclic) bond motifs is 1. The van der Waals surface area contributed by atoms with Gasteiger partial charge in [0.15, 0.2) is 19.7 Å². The van der Waals surface area contributed by atoms with Gasteiger partial charge in [-0.2, -0.15) is 0 Å². The SMILES string of the molecule is CCc1ccc([C@@H]2CC(=O)[C@@H]3CC(S(=O)(=O)c4ccc(Cl)cc4)[C@H](c4ccc(C)cc4)C[C@@H]3C2S(=O)(=O)c2ccc(C)cc2)cc1. The van der Waals surface area contributed by atoms with E-state index in [1.807, 2.05) is 62.4 Å². The van der Waals surface area contributed by atoms with Crippen LogP contribution in [0, 0.1) is 25.7 Å². The van der Waals surface area contributed by atoms with Crippen molar-refractivity contribution in [3.8, 4) is 0 Å². The van der Waals surface area contributed by atoms with E-state index < -0.39 is 53.8 Å². The van der Waals surface area contributed by atoms with Gasteiger partial charge in [-0.1, -0.05) is 90.3 Å². The van der Waals surface area contributed by atoms with E-state index in [2.05, 4.69) is 6.92 Å². The average molecular weight is 675 g/mol. The Morgan fingerprint density at radius 1 is 0.630 bits per heavy atom. The molecular formula is C38H39ClO5S2. The van der Waals surface area contributed by atoms with Crippen LogP contribution in [0.25, 0.3) is 0 Å². The average Bonchev–Trinajstić information content (AvgIpc) is 3.05. The van der Waals surface area contributed by atoms with E-state index >= 15 is 0 Å². The van der Waals surface area contributed by atoms with Gasteiger partial charge in [0.1, 0.15) is 5.78 Å². The lowest BCUT2D eigenvalue weighted by molar-refractivity contribution is -0.128. The van der Waals surface area contributed by atoms with Crippen molar-refractivity contribution in [1.82, 2.24) is 0 Å². The van der Waals surface area contributed by atoms with Gasteiger partial charge in [0.2, 0.25) is 0 Å². The third-order valence-electron chi connectivity index (χ3n) is 10.2. The van der Waals surface area contributed by atoms with Crippen molar-refractivity contribution in [2.45, 2.75) is 78.6 Å². The number of rotatable bonds is 7. The zero-order valence-corrected chi connectivity index (χ0v) is 28.7. The zero-order valence-electron chi connectivity index (χ0n) is 26.3. The van der Waals surface area contributed by atoms with E-state index in [4.69, 9.17) is 11.6 Å². The van der Waals surface area contributed by atoms with E-state index in [9.17, 15) is 21.6 Å². The first-order valence-electron chi connectivity index (χ1n) is 15.9. The molecule has 2 fully saturated rings. The van der Waals surface area contributed by atoms with E-state index in [0.717, 1.165) is 34.2 Å². The summed E-state index contributed by atoms with van der Waals surface area (Å²) >= 11 is 6.10. The lowest BCUT2D eigenvalue weighted by Crippen LogP contribution is -2.53. The molecule has 0 N–H and O–H groups in total. The molecule has 240 valence electrons. The van der Waals surface area contributed by atoms with Crippen LogP contribution in [0.2, 0.25) is 5.02 Å². The van der Waals surface area contributed by atoms with Gasteiger partial charge in [-0.25, -0.2) is 16.8 Å². The first-order valence-corrected chi connectivity index (χ1v) is 19.4. The number of aryl methyl sites for hydroxylation is 3. The topological polar surface area (TPSA) is 85.3 Å². The fourth-order valence-electron chi connectivity index (χ4n) is 7.66. The summed E-state index contributed by atoms with van der Waals surface area (Å²) in [4.78, 5) is 14.5. The minimum atomic E-state index is -3.92. The molecule has 0 aliphatic heterocycles. The quantitative estimate of drug-likeness (QED) is 0.198. The highest BCUT2D eigenvalue weighted by Crippen LogP contribution is 2.54. The van der Waals surface area contributed by atoms with Crippen molar-refractivity contribution in [2.24, 2.45) is 11.8 Å². The summed E-state index contributed by atoms with van der Waals surface area (Å²) in [5, 5.41) is -1.36. The van der Waals surface area contributed by atoms with Crippen LogP contribution in [0.1, 0.15) is 65.8 Å². The lowest BCUT2D eigenvalue weighted by Gasteiger charge is -2.48. The number of ketones is 1. The zero-order chi connectivity index (χ0) is 32.8. The van der Waals surface area contributed by atoms with Crippen molar-refractivity contribution in [1.29, 1.82) is 0 Å². The molecule has 2 aliphatic carbocycles. The molecular weight excluding hydrogens is 636 g/mol. The molecule has 5 nitrogen and oxygen atoms in total. The van der Waals surface area contributed by atoms with E-state index in [0.29, 0.717) is 5.02 Å². The summed E-state index contributed by atoms with van der Waals surface area (Å²) in [6.45, 7) is 5.95. The summed E-state index contributed by atoms with van der Waals surface area (Å²) in [6.07, 6.45) is 1.22. The van der Waals surface area contributed by atoms with Gasteiger partial charge >= 0.3 is 0 Å².